The van der Waals surface area contributed by atoms with Crippen molar-refractivity contribution in [1.29, 1.82) is 5.26 Å². The Morgan fingerprint density at radius 3 is 2.67 bits per heavy atom. The normalized spacial score (nSPS) is 9.78. The SMILES string of the molecule is CSc1cccc(Nc2cccc(N)c2)c1C#N. The van der Waals surface area contributed by atoms with Crippen LogP contribution in [0.1, 0.15) is 5.56 Å². The molecule has 2 aromatic rings. The summed E-state index contributed by atoms with van der Waals surface area (Å²) >= 11 is 1.56. The zero-order valence-corrected chi connectivity index (χ0v) is 10.8. The van der Waals surface area contributed by atoms with E-state index in [1.54, 1.807) is 11.8 Å². The molecule has 0 aliphatic carbocycles. The lowest BCUT2D eigenvalue weighted by atomic mass is 10.2. The molecular formula is C14H13N3S. The summed E-state index contributed by atoms with van der Waals surface area (Å²) in [5.74, 6) is 0. The number of hydrogen-bond donors (Lipinski definition) is 2. The van der Waals surface area contributed by atoms with Gasteiger partial charge in [-0.25, -0.2) is 0 Å². The van der Waals surface area contributed by atoms with Gasteiger partial charge in [0.25, 0.3) is 0 Å². The van der Waals surface area contributed by atoms with E-state index in [-0.39, 0.29) is 0 Å². The van der Waals surface area contributed by atoms with Gasteiger partial charge < -0.3 is 11.1 Å². The summed E-state index contributed by atoms with van der Waals surface area (Å²) in [5, 5.41) is 12.5. The van der Waals surface area contributed by atoms with Crippen molar-refractivity contribution >= 4 is 28.8 Å². The molecule has 0 unspecified atom stereocenters. The third-order valence-electron chi connectivity index (χ3n) is 2.52. The number of anilines is 3. The maximum Gasteiger partial charge on any atom is 0.103 e. The van der Waals surface area contributed by atoms with Crippen molar-refractivity contribution in [3.8, 4) is 6.07 Å². The fraction of sp³-hybridized carbons (Fsp3) is 0.0714. The Labute approximate surface area is 111 Å². The first-order chi connectivity index (χ1) is 8.74. The van der Waals surface area contributed by atoms with Crippen molar-refractivity contribution in [2.75, 3.05) is 17.3 Å². The van der Waals surface area contributed by atoms with Gasteiger partial charge in [-0.15, -0.1) is 11.8 Å². The number of benzene rings is 2. The van der Waals surface area contributed by atoms with Crippen molar-refractivity contribution in [1.82, 2.24) is 0 Å². The Morgan fingerprint density at radius 1 is 1.22 bits per heavy atom. The molecule has 0 fully saturated rings. The molecule has 0 aliphatic rings. The average Bonchev–Trinajstić information content (AvgIpc) is 2.38. The smallest absolute Gasteiger partial charge is 0.103 e. The number of nitrogen functional groups attached to an aromatic ring is 1. The Balaban J connectivity index is 2.38. The highest BCUT2D eigenvalue weighted by Crippen LogP contribution is 2.28. The third kappa shape index (κ3) is 2.58. The van der Waals surface area contributed by atoms with Crippen LogP contribution in [0.2, 0.25) is 0 Å². The molecule has 3 nitrogen and oxygen atoms in total. The van der Waals surface area contributed by atoms with Gasteiger partial charge in [-0.2, -0.15) is 5.26 Å². The van der Waals surface area contributed by atoms with Gasteiger partial charge in [0.15, 0.2) is 0 Å². The monoisotopic (exact) mass is 255 g/mol. The van der Waals surface area contributed by atoms with Crippen LogP contribution in [0.15, 0.2) is 47.4 Å². The van der Waals surface area contributed by atoms with Crippen LogP contribution in [0.5, 0.6) is 0 Å². The van der Waals surface area contributed by atoms with Crippen molar-refractivity contribution < 1.29 is 0 Å². The fourth-order valence-corrected chi connectivity index (χ4v) is 2.27. The summed E-state index contributed by atoms with van der Waals surface area (Å²) in [4.78, 5) is 0.964. The van der Waals surface area contributed by atoms with Gasteiger partial charge in [0, 0.05) is 16.3 Å². The van der Waals surface area contributed by atoms with Crippen molar-refractivity contribution in [3.05, 3.63) is 48.0 Å². The summed E-state index contributed by atoms with van der Waals surface area (Å²) in [6.45, 7) is 0. The second-order valence-corrected chi connectivity index (χ2v) is 4.59. The second-order valence-electron chi connectivity index (χ2n) is 3.75. The Hall–Kier alpha value is -2.12. The fourth-order valence-electron chi connectivity index (χ4n) is 1.69. The third-order valence-corrected chi connectivity index (χ3v) is 3.30. The van der Waals surface area contributed by atoms with Gasteiger partial charge in [0.1, 0.15) is 6.07 Å². The molecule has 18 heavy (non-hydrogen) atoms. The molecule has 0 aromatic heterocycles. The first kappa shape index (κ1) is 12.3. The predicted octanol–water partition coefficient (Wildman–Crippen LogP) is 3.61. The second kappa shape index (κ2) is 5.48. The van der Waals surface area contributed by atoms with Crippen LogP contribution in [0.4, 0.5) is 17.1 Å². The molecule has 0 bridgehead atoms. The number of nitriles is 1. The molecular weight excluding hydrogens is 242 g/mol. The minimum atomic E-state index is 0.660. The molecule has 0 saturated heterocycles. The quantitative estimate of drug-likeness (QED) is 0.649. The standard InChI is InChI=1S/C14H13N3S/c1-18-14-7-3-6-13(12(14)9-15)17-11-5-2-4-10(16)8-11/h2-8,17H,16H2,1H3. The number of rotatable bonds is 3. The highest BCUT2D eigenvalue weighted by Gasteiger charge is 2.07. The molecule has 0 radical (unpaired) electrons. The molecule has 0 heterocycles. The van der Waals surface area contributed by atoms with Crippen LogP contribution in [-0.4, -0.2) is 6.26 Å². The highest BCUT2D eigenvalue weighted by atomic mass is 32.2. The Morgan fingerprint density at radius 2 is 2.00 bits per heavy atom. The van der Waals surface area contributed by atoms with Gasteiger partial charge in [0.05, 0.1) is 11.3 Å². The molecule has 0 atom stereocenters. The van der Waals surface area contributed by atoms with Crippen LogP contribution in [0.3, 0.4) is 0 Å². The molecule has 0 saturated carbocycles. The van der Waals surface area contributed by atoms with E-state index in [4.69, 9.17) is 5.73 Å². The lowest BCUT2D eigenvalue weighted by Gasteiger charge is -2.10. The minimum Gasteiger partial charge on any atom is -0.399 e. The zero-order valence-electron chi connectivity index (χ0n) is 9.97. The van der Waals surface area contributed by atoms with Crippen LogP contribution in [0, 0.1) is 11.3 Å². The number of nitrogens with two attached hydrogens (primary N) is 1. The number of hydrogen-bond acceptors (Lipinski definition) is 4. The molecule has 4 heteroatoms. The van der Waals surface area contributed by atoms with E-state index in [0.29, 0.717) is 11.3 Å². The van der Waals surface area contributed by atoms with E-state index in [1.807, 2.05) is 48.7 Å². The van der Waals surface area contributed by atoms with Crippen LogP contribution >= 0.6 is 11.8 Å². The summed E-state index contributed by atoms with van der Waals surface area (Å²) in [5.41, 5.74) is 8.76. The summed E-state index contributed by atoms with van der Waals surface area (Å²) < 4.78 is 0. The minimum absolute atomic E-state index is 0.660. The molecule has 3 N–H and O–H groups in total. The summed E-state index contributed by atoms with van der Waals surface area (Å²) in [7, 11) is 0. The van der Waals surface area contributed by atoms with Gasteiger partial charge in [0.2, 0.25) is 0 Å². The Kier molecular flexibility index (Phi) is 3.75. The van der Waals surface area contributed by atoms with Gasteiger partial charge in [-0.3, -0.25) is 0 Å². The molecule has 0 aliphatic heterocycles. The van der Waals surface area contributed by atoms with E-state index in [1.165, 1.54) is 0 Å². The number of thioether (sulfide) groups is 1. The van der Waals surface area contributed by atoms with E-state index < -0.39 is 0 Å². The van der Waals surface area contributed by atoms with Gasteiger partial charge in [-0.05, 0) is 36.6 Å². The summed E-state index contributed by atoms with van der Waals surface area (Å²) in [6.07, 6.45) is 1.96. The molecule has 90 valence electrons. The van der Waals surface area contributed by atoms with Crippen LogP contribution < -0.4 is 11.1 Å². The van der Waals surface area contributed by atoms with E-state index >= 15 is 0 Å². The summed E-state index contributed by atoms with van der Waals surface area (Å²) in [6, 6.07) is 15.5. The number of nitrogens with one attached hydrogen (secondary N) is 1. The van der Waals surface area contributed by atoms with Crippen molar-refractivity contribution in [2.24, 2.45) is 0 Å². The van der Waals surface area contributed by atoms with Crippen molar-refractivity contribution in [3.63, 3.8) is 0 Å². The predicted molar refractivity (Wildman–Crippen MR) is 77.1 cm³/mol. The lowest BCUT2D eigenvalue weighted by Crippen LogP contribution is -1.96. The van der Waals surface area contributed by atoms with Crippen LogP contribution in [-0.2, 0) is 0 Å². The topological polar surface area (TPSA) is 61.8 Å². The first-order valence-electron chi connectivity index (χ1n) is 5.44. The van der Waals surface area contributed by atoms with Crippen molar-refractivity contribution in [2.45, 2.75) is 4.90 Å². The number of nitrogens with zero attached hydrogens (tertiary/aromatic N) is 1. The molecule has 0 amide bonds. The lowest BCUT2D eigenvalue weighted by molar-refractivity contribution is 1.36. The van der Waals surface area contributed by atoms with Crippen LogP contribution in [0.25, 0.3) is 0 Å². The van der Waals surface area contributed by atoms with E-state index in [9.17, 15) is 5.26 Å². The van der Waals surface area contributed by atoms with Gasteiger partial charge >= 0.3 is 0 Å². The Bertz CT molecular complexity index is 602. The molecule has 2 rings (SSSR count). The van der Waals surface area contributed by atoms with E-state index in [2.05, 4.69) is 11.4 Å². The zero-order chi connectivity index (χ0) is 13.0. The maximum absolute atomic E-state index is 9.23. The average molecular weight is 255 g/mol. The first-order valence-corrected chi connectivity index (χ1v) is 6.66. The highest BCUT2D eigenvalue weighted by molar-refractivity contribution is 7.98. The van der Waals surface area contributed by atoms with E-state index in [0.717, 1.165) is 16.3 Å². The largest absolute Gasteiger partial charge is 0.399 e. The maximum atomic E-state index is 9.23. The molecule has 2 aromatic carbocycles. The van der Waals surface area contributed by atoms with Gasteiger partial charge in [-0.1, -0.05) is 12.1 Å². The molecule has 0 spiro atoms.